The number of aromatic nitrogens is 1. The maximum Gasteiger partial charge on any atom is 0.202 e. The molecule has 0 unspecified atom stereocenters. The van der Waals surface area contributed by atoms with Crippen molar-refractivity contribution in [1.82, 2.24) is 5.16 Å². The highest BCUT2D eigenvalue weighted by Crippen LogP contribution is 2.22. The van der Waals surface area contributed by atoms with Crippen LogP contribution in [0.3, 0.4) is 0 Å². The van der Waals surface area contributed by atoms with Crippen LogP contribution < -0.4 is 5.73 Å². The minimum Gasteiger partial charge on any atom is -0.461 e. The third-order valence-electron chi connectivity index (χ3n) is 1.70. The smallest absolute Gasteiger partial charge is 0.202 e. The fraction of sp³-hybridized carbons (Fsp3) is 0.111. The van der Waals surface area contributed by atoms with Gasteiger partial charge in [-0.3, -0.25) is 5.41 Å². The van der Waals surface area contributed by atoms with Gasteiger partial charge in [0.2, 0.25) is 5.76 Å². The number of nitrogens with two attached hydrogens (primary N) is 1. The van der Waals surface area contributed by atoms with Crippen LogP contribution in [0.25, 0.3) is 11.5 Å². The van der Waals surface area contributed by atoms with Crippen molar-refractivity contribution in [3.8, 4) is 11.5 Å². The van der Waals surface area contributed by atoms with E-state index in [-0.39, 0.29) is 5.17 Å². The monoisotopic (exact) mass is 223 g/mol. The summed E-state index contributed by atoms with van der Waals surface area (Å²) >= 11 is 1.20. The largest absolute Gasteiger partial charge is 0.461 e. The second kappa shape index (κ2) is 4.22. The summed E-state index contributed by atoms with van der Waals surface area (Å²) in [4.78, 5) is 0. The van der Waals surface area contributed by atoms with E-state index in [0.717, 1.165) is 5.69 Å². The molecule has 78 valence electrons. The molecule has 5 nitrogen and oxygen atoms in total. The predicted molar refractivity (Wildman–Crippen MR) is 57.4 cm³/mol. The van der Waals surface area contributed by atoms with Gasteiger partial charge in [0.15, 0.2) is 10.9 Å². The van der Waals surface area contributed by atoms with Crippen molar-refractivity contribution in [2.75, 3.05) is 0 Å². The molecule has 15 heavy (non-hydrogen) atoms. The number of thioether (sulfide) groups is 1. The first-order valence-electron chi connectivity index (χ1n) is 4.22. The van der Waals surface area contributed by atoms with Crippen LogP contribution in [0.1, 0.15) is 5.69 Å². The Morgan fingerprint density at radius 3 is 3.07 bits per heavy atom. The minimum atomic E-state index is 0.0672. The van der Waals surface area contributed by atoms with Gasteiger partial charge < -0.3 is 14.7 Å². The number of rotatable bonds is 3. The molecule has 0 spiro atoms. The molecule has 6 heteroatoms. The molecule has 0 aromatic carbocycles. The second-order valence-corrected chi connectivity index (χ2v) is 3.83. The summed E-state index contributed by atoms with van der Waals surface area (Å²) in [7, 11) is 0. The van der Waals surface area contributed by atoms with Crippen LogP contribution in [-0.2, 0) is 5.75 Å². The molecule has 0 bridgehead atoms. The highest BCUT2D eigenvalue weighted by atomic mass is 32.2. The van der Waals surface area contributed by atoms with Crippen LogP contribution in [0.4, 0.5) is 0 Å². The van der Waals surface area contributed by atoms with Crippen LogP contribution >= 0.6 is 11.8 Å². The van der Waals surface area contributed by atoms with E-state index in [0.29, 0.717) is 17.3 Å². The van der Waals surface area contributed by atoms with Gasteiger partial charge in [-0.25, -0.2) is 0 Å². The van der Waals surface area contributed by atoms with Gasteiger partial charge in [0.1, 0.15) is 0 Å². The van der Waals surface area contributed by atoms with Crippen LogP contribution in [0, 0.1) is 5.41 Å². The first-order valence-corrected chi connectivity index (χ1v) is 5.20. The van der Waals surface area contributed by atoms with Crippen molar-refractivity contribution in [2.24, 2.45) is 5.73 Å². The number of amidine groups is 1. The first-order chi connectivity index (χ1) is 7.25. The Balaban J connectivity index is 2.08. The molecule has 0 fully saturated rings. The van der Waals surface area contributed by atoms with Crippen molar-refractivity contribution < 1.29 is 8.94 Å². The Kier molecular flexibility index (Phi) is 2.77. The molecule has 2 heterocycles. The quantitative estimate of drug-likeness (QED) is 0.614. The third-order valence-corrected chi connectivity index (χ3v) is 2.45. The first kappa shape index (κ1) is 9.85. The second-order valence-electron chi connectivity index (χ2n) is 2.81. The van der Waals surface area contributed by atoms with Crippen LogP contribution in [0.2, 0.25) is 0 Å². The van der Waals surface area contributed by atoms with Gasteiger partial charge in [0, 0.05) is 11.8 Å². The lowest BCUT2D eigenvalue weighted by Crippen LogP contribution is -2.03. The average molecular weight is 223 g/mol. The summed E-state index contributed by atoms with van der Waals surface area (Å²) in [5.41, 5.74) is 5.95. The van der Waals surface area contributed by atoms with Crippen molar-refractivity contribution in [1.29, 1.82) is 5.41 Å². The Bertz CT molecular complexity index is 450. The fourth-order valence-corrected chi connectivity index (χ4v) is 1.51. The molecule has 0 saturated carbocycles. The fourth-order valence-electron chi connectivity index (χ4n) is 1.07. The summed E-state index contributed by atoms with van der Waals surface area (Å²) in [5, 5.41) is 11.0. The van der Waals surface area contributed by atoms with Crippen LogP contribution in [0.5, 0.6) is 0 Å². The Morgan fingerprint density at radius 1 is 1.53 bits per heavy atom. The van der Waals surface area contributed by atoms with Gasteiger partial charge in [0.25, 0.3) is 0 Å². The van der Waals surface area contributed by atoms with E-state index in [2.05, 4.69) is 5.16 Å². The molecule has 0 aliphatic rings. The Labute approximate surface area is 90.1 Å². The maximum absolute atomic E-state index is 7.05. The van der Waals surface area contributed by atoms with Gasteiger partial charge >= 0.3 is 0 Å². The van der Waals surface area contributed by atoms with Crippen molar-refractivity contribution in [2.45, 2.75) is 5.75 Å². The molecule has 0 atom stereocenters. The summed E-state index contributed by atoms with van der Waals surface area (Å²) < 4.78 is 10.2. The molecule has 0 aliphatic carbocycles. The number of nitrogens with zero attached hydrogens (tertiary/aromatic N) is 1. The lowest BCUT2D eigenvalue weighted by atomic mass is 10.3. The van der Waals surface area contributed by atoms with Gasteiger partial charge in [-0.1, -0.05) is 16.9 Å². The van der Waals surface area contributed by atoms with E-state index >= 15 is 0 Å². The summed E-state index contributed by atoms with van der Waals surface area (Å²) in [6.45, 7) is 0. The van der Waals surface area contributed by atoms with Crippen molar-refractivity contribution >= 4 is 16.9 Å². The molecule has 3 N–H and O–H groups in total. The number of hydrogen-bond acceptors (Lipinski definition) is 5. The van der Waals surface area contributed by atoms with E-state index in [9.17, 15) is 0 Å². The van der Waals surface area contributed by atoms with E-state index in [4.69, 9.17) is 20.1 Å². The summed E-state index contributed by atoms with van der Waals surface area (Å²) in [6, 6.07) is 5.35. The zero-order chi connectivity index (χ0) is 10.7. The molecule has 0 amide bonds. The molecule has 2 aromatic heterocycles. The number of furan rings is 1. The molecular weight excluding hydrogens is 214 g/mol. The lowest BCUT2D eigenvalue weighted by molar-refractivity contribution is 0.413. The van der Waals surface area contributed by atoms with Gasteiger partial charge in [-0.2, -0.15) is 0 Å². The third kappa shape index (κ3) is 2.41. The van der Waals surface area contributed by atoms with Crippen molar-refractivity contribution in [3.05, 3.63) is 30.2 Å². The van der Waals surface area contributed by atoms with E-state index in [1.807, 2.05) is 0 Å². The zero-order valence-electron chi connectivity index (χ0n) is 7.77. The topological polar surface area (TPSA) is 89.0 Å². The molecule has 0 saturated heterocycles. The standard InChI is InChI=1S/C9H9N3O2S/c10-9(11)15-5-6-4-8(14-12-6)7-2-1-3-13-7/h1-4H,5H2,(H3,10,11). The van der Waals surface area contributed by atoms with Crippen LogP contribution in [-0.4, -0.2) is 10.3 Å². The SMILES string of the molecule is N=C(N)SCc1cc(-c2ccco2)on1. The highest BCUT2D eigenvalue weighted by molar-refractivity contribution is 8.13. The molecule has 2 rings (SSSR count). The normalized spacial score (nSPS) is 10.4. The predicted octanol–water partition coefficient (Wildman–Crippen LogP) is 2.06. The Morgan fingerprint density at radius 2 is 2.40 bits per heavy atom. The van der Waals surface area contributed by atoms with E-state index in [1.165, 1.54) is 11.8 Å². The van der Waals surface area contributed by atoms with Gasteiger partial charge in [-0.05, 0) is 12.1 Å². The molecule has 0 aliphatic heterocycles. The van der Waals surface area contributed by atoms with Gasteiger partial charge in [0.05, 0.1) is 12.0 Å². The number of nitrogens with one attached hydrogen (secondary N) is 1. The lowest BCUT2D eigenvalue weighted by Gasteiger charge is -1.91. The van der Waals surface area contributed by atoms with Crippen LogP contribution in [0.15, 0.2) is 33.4 Å². The zero-order valence-corrected chi connectivity index (χ0v) is 8.58. The number of hydrogen-bond donors (Lipinski definition) is 2. The highest BCUT2D eigenvalue weighted by Gasteiger charge is 2.08. The van der Waals surface area contributed by atoms with E-state index in [1.54, 1.807) is 24.5 Å². The van der Waals surface area contributed by atoms with Crippen molar-refractivity contribution in [3.63, 3.8) is 0 Å². The molecular formula is C9H9N3O2S. The maximum atomic E-state index is 7.05. The summed E-state index contributed by atoms with van der Waals surface area (Å²) in [6.07, 6.45) is 1.57. The minimum absolute atomic E-state index is 0.0672. The Hall–Kier alpha value is -1.69. The van der Waals surface area contributed by atoms with Gasteiger partial charge in [-0.15, -0.1) is 0 Å². The molecule has 2 aromatic rings. The molecule has 0 radical (unpaired) electrons. The van der Waals surface area contributed by atoms with E-state index < -0.39 is 0 Å². The average Bonchev–Trinajstić information content (AvgIpc) is 2.85. The summed E-state index contributed by atoms with van der Waals surface area (Å²) in [5.74, 6) is 1.75.